The molecule has 0 aliphatic heterocycles. The van der Waals surface area contributed by atoms with E-state index in [1.54, 1.807) is 19.2 Å². The number of aliphatic carboxylic acids is 1. The van der Waals surface area contributed by atoms with Gasteiger partial charge in [-0.2, -0.15) is 0 Å². The molecule has 1 aromatic carbocycles. The van der Waals surface area contributed by atoms with Crippen molar-refractivity contribution < 1.29 is 19.4 Å². The van der Waals surface area contributed by atoms with E-state index in [0.29, 0.717) is 0 Å². The van der Waals surface area contributed by atoms with Crippen molar-refractivity contribution in [1.82, 2.24) is 5.32 Å². The molecule has 0 radical (unpaired) electrons. The van der Waals surface area contributed by atoms with Crippen molar-refractivity contribution in [2.45, 2.75) is 19.9 Å². The van der Waals surface area contributed by atoms with Gasteiger partial charge in [0.15, 0.2) is 0 Å². The average Bonchev–Trinajstić information content (AvgIpc) is 2.34. The lowest BCUT2D eigenvalue weighted by Crippen LogP contribution is -2.44. The predicted octanol–water partition coefficient (Wildman–Crippen LogP) is 1.00. The standard InChI is InChI=1S/C13H18N2O4/c1-8-6-10(4-5-12(8)19-3)14-7-11(13(17)18)15-9(2)16/h4-6,11,14H,7H2,1-3H3,(H,15,16)(H,17,18). The molecule has 1 rings (SSSR count). The maximum atomic E-state index is 10.9. The van der Waals surface area contributed by atoms with Crippen LogP contribution in [0.2, 0.25) is 0 Å². The molecule has 0 saturated carbocycles. The van der Waals surface area contributed by atoms with E-state index < -0.39 is 12.0 Å². The number of hydrogen-bond acceptors (Lipinski definition) is 4. The third-order valence-electron chi connectivity index (χ3n) is 2.58. The van der Waals surface area contributed by atoms with Crippen LogP contribution in [0.1, 0.15) is 12.5 Å². The zero-order valence-corrected chi connectivity index (χ0v) is 11.2. The molecule has 104 valence electrons. The van der Waals surface area contributed by atoms with Crippen molar-refractivity contribution in [3.05, 3.63) is 23.8 Å². The molecule has 1 aromatic rings. The summed E-state index contributed by atoms with van der Waals surface area (Å²) in [5.41, 5.74) is 1.72. The quantitative estimate of drug-likeness (QED) is 0.715. The van der Waals surface area contributed by atoms with Crippen molar-refractivity contribution in [1.29, 1.82) is 0 Å². The number of carbonyl (C=O) groups is 2. The van der Waals surface area contributed by atoms with Crippen LogP contribution in [0.15, 0.2) is 18.2 Å². The number of hydrogen-bond donors (Lipinski definition) is 3. The fraction of sp³-hybridized carbons (Fsp3) is 0.385. The molecule has 19 heavy (non-hydrogen) atoms. The Morgan fingerprint density at radius 2 is 2.11 bits per heavy atom. The van der Waals surface area contributed by atoms with Gasteiger partial charge in [0.2, 0.25) is 5.91 Å². The molecule has 0 heterocycles. The maximum Gasteiger partial charge on any atom is 0.328 e. The van der Waals surface area contributed by atoms with Crippen molar-refractivity contribution in [2.24, 2.45) is 0 Å². The molecule has 6 heteroatoms. The number of methoxy groups -OCH3 is 1. The third-order valence-corrected chi connectivity index (χ3v) is 2.58. The summed E-state index contributed by atoms with van der Waals surface area (Å²) in [6, 6.07) is 4.48. The normalized spacial score (nSPS) is 11.5. The lowest BCUT2D eigenvalue weighted by Gasteiger charge is -2.15. The first-order chi connectivity index (χ1) is 8.93. The molecule has 0 aliphatic rings. The number of ether oxygens (including phenoxy) is 1. The molecule has 1 atom stereocenters. The van der Waals surface area contributed by atoms with Gasteiger partial charge in [-0.05, 0) is 30.7 Å². The fourth-order valence-electron chi connectivity index (χ4n) is 1.65. The van der Waals surface area contributed by atoms with Crippen LogP contribution in [0.4, 0.5) is 5.69 Å². The number of aryl methyl sites for hydroxylation is 1. The first-order valence-electron chi connectivity index (χ1n) is 5.82. The predicted molar refractivity (Wildman–Crippen MR) is 71.5 cm³/mol. The van der Waals surface area contributed by atoms with Crippen molar-refractivity contribution >= 4 is 17.6 Å². The molecule has 1 amide bonds. The second-order valence-corrected chi connectivity index (χ2v) is 4.16. The number of carboxylic acid groups (broad SMARTS) is 1. The molecule has 1 unspecified atom stereocenters. The van der Waals surface area contributed by atoms with Crippen LogP contribution < -0.4 is 15.4 Å². The van der Waals surface area contributed by atoms with Crippen LogP contribution in [0.3, 0.4) is 0 Å². The van der Waals surface area contributed by atoms with Gasteiger partial charge < -0.3 is 20.5 Å². The van der Waals surface area contributed by atoms with Crippen molar-refractivity contribution in [3.63, 3.8) is 0 Å². The van der Waals surface area contributed by atoms with E-state index in [-0.39, 0.29) is 12.5 Å². The third kappa shape index (κ3) is 4.50. The number of benzene rings is 1. The summed E-state index contributed by atoms with van der Waals surface area (Å²) in [5.74, 6) is -0.685. The Hall–Kier alpha value is -2.24. The molecule has 0 saturated heterocycles. The molecule has 0 fully saturated rings. The van der Waals surface area contributed by atoms with Crippen molar-refractivity contribution in [2.75, 3.05) is 19.0 Å². The van der Waals surface area contributed by atoms with Gasteiger partial charge in [0, 0.05) is 19.2 Å². The number of nitrogens with one attached hydrogen (secondary N) is 2. The lowest BCUT2D eigenvalue weighted by molar-refractivity contribution is -0.141. The molecule has 6 nitrogen and oxygen atoms in total. The van der Waals surface area contributed by atoms with Crippen molar-refractivity contribution in [3.8, 4) is 5.75 Å². The van der Waals surface area contributed by atoms with Crippen LogP contribution in [-0.2, 0) is 9.59 Å². The SMILES string of the molecule is COc1ccc(NCC(NC(C)=O)C(=O)O)cc1C. The van der Waals surface area contributed by atoms with Crippen LogP contribution in [0.5, 0.6) is 5.75 Å². The average molecular weight is 266 g/mol. The van der Waals surface area contributed by atoms with E-state index >= 15 is 0 Å². The van der Waals surface area contributed by atoms with Gasteiger partial charge in [0.1, 0.15) is 11.8 Å². The van der Waals surface area contributed by atoms with Gasteiger partial charge in [-0.25, -0.2) is 4.79 Å². The summed E-state index contributed by atoms with van der Waals surface area (Å²) in [6.45, 7) is 3.29. The highest BCUT2D eigenvalue weighted by Crippen LogP contribution is 2.21. The minimum absolute atomic E-state index is 0.112. The second kappa shape index (κ2) is 6.63. The smallest absolute Gasteiger partial charge is 0.328 e. The first-order valence-corrected chi connectivity index (χ1v) is 5.82. The van der Waals surface area contributed by atoms with Gasteiger partial charge in [0.05, 0.1) is 7.11 Å². The van der Waals surface area contributed by atoms with Gasteiger partial charge in [-0.3, -0.25) is 4.79 Å². The first kappa shape index (κ1) is 14.8. The maximum absolute atomic E-state index is 10.9. The highest BCUT2D eigenvalue weighted by atomic mass is 16.5. The topological polar surface area (TPSA) is 87.7 Å². The summed E-state index contributed by atoms with van der Waals surface area (Å²) in [7, 11) is 1.59. The summed E-state index contributed by atoms with van der Waals surface area (Å²) < 4.78 is 5.14. The van der Waals surface area contributed by atoms with Crippen LogP contribution in [-0.4, -0.2) is 36.7 Å². The number of rotatable bonds is 6. The molecule has 0 aromatic heterocycles. The lowest BCUT2D eigenvalue weighted by atomic mass is 10.2. The molecule has 3 N–H and O–H groups in total. The monoisotopic (exact) mass is 266 g/mol. The second-order valence-electron chi connectivity index (χ2n) is 4.16. The van der Waals surface area contributed by atoms with Crippen LogP contribution in [0.25, 0.3) is 0 Å². The van der Waals surface area contributed by atoms with E-state index in [2.05, 4.69) is 10.6 Å². The number of anilines is 1. The molecular weight excluding hydrogens is 248 g/mol. The summed E-state index contributed by atoms with van der Waals surface area (Å²) in [6.07, 6.45) is 0. The Bertz CT molecular complexity index is 474. The van der Waals surface area contributed by atoms with E-state index in [4.69, 9.17) is 9.84 Å². The Kier molecular flexibility index (Phi) is 5.17. The Morgan fingerprint density at radius 1 is 1.42 bits per heavy atom. The minimum atomic E-state index is -1.08. The minimum Gasteiger partial charge on any atom is -0.496 e. The summed E-state index contributed by atoms with van der Waals surface area (Å²) in [4.78, 5) is 21.8. The Balaban J connectivity index is 2.66. The van der Waals surface area contributed by atoms with E-state index in [1.165, 1.54) is 6.92 Å². The van der Waals surface area contributed by atoms with Crippen LogP contribution in [0, 0.1) is 6.92 Å². The Morgan fingerprint density at radius 3 is 2.58 bits per heavy atom. The van der Waals surface area contributed by atoms with Gasteiger partial charge in [-0.15, -0.1) is 0 Å². The summed E-state index contributed by atoms with van der Waals surface area (Å²) in [5, 5.41) is 14.3. The molecule has 0 aliphatic carbocycles. The molecule has 0 spiro atoms. The highest BCUT2D eigenvalue weighted by molar-refractivity contribution is 5.82. The van der Waals surface area contributed by atoms with Gasteiger partial charge in [0.25, 0.3) is 0 Å². The highest BCUT2D eigenvalue weighted by Gasteiger charge is 2.17. The van der Waals surface area contributed by atoms with Crippen LogP contribution >= 0.6 is 0 Å². The van der Waals surface area contributed by atoms with Gasteiger partial charge >= 0.3 is 5.97 Å². The number of carboxylic acids is 1. The van der Waals surface area contributed by atoms with Gasteiger partial charge in [-0.1, -0.05) is 0 Å². The fourth-order valence-corrected chi connectivity index (χ4v) is 1.65. The largest absolute Gasteiger partial charge is 0.496 e. The van der Waals surface area contributed by atoms with E-state index in [1.807, 2.05) is 13.0 Å². The summed E-state index contributed by atoms with van der Waals surface area (Å²) >= 11 is 0. The van der Waals surface area contributed by atoms with E-state index in [9.17, 15) is 9.59 Å². The number of amides is 1. The molecular formula is C13H18N2O4. The van der Waals surface area contributed by atoms with E-state index in [0.717, 1.165) is 17.0 Å². The molecule has 0 bridgehead atoms. The number of carbonyl (C=O) groups excluding carboxylic acids is 1. The zero-order valence-electron chi connectivity index (χ0n) is 11.2. The Labute approximate surface area is 111 Å². The zero-order chi connectivity index (χ0) is 14.4.